The highest BCUT2D eigenvalue weighted by atomic mass is 35.5. The van der Waals surface area contributed by atoms with Crippen LogP contribution in [0.4, 0.5) is 0 Å². The second-order valence-corrected chi connectivity index (χ2v) is 5.22. The fourth-order valence-corrected chi connectivity index (χ4v) is 2.49. The van der Waals surface area contributed by atoms with Gasteiger partial charge in [-0.2, -0.15) is 4.76 Å². The van der Waals surface area contributed by atoms with Crippen LogP contribution in [0.3, 0.4) is 0 Å². The number of halogens is 1. The topological polar surface area (TPSA) is 47.9 Å². The lowest BCUT2D eigenvalue weighted by atomic mass is 10.2. The smallest absolute Gasteiger partial charge is 0.291 e. The van der Waals surface area contributed by atoms with Crippen LogP contribution >= 0.6 is 19.3 Å². The summed E-state index contributed by atoms with van der Waals surface area (Å²) in [5, 5.41) is 0.594. The first-order chi connectivity index (χ1) is 8.09. The highest BCUT2D eigenvalue weighted by Crippen LogP contribution is 2.49. The zero-order valence-electron chi connectivity index (χ0n) is 9.80. The molecule has 0 aromatic heterocycles. The predicted octanol–water partition coefficient (Wildman–Crippen LogP) is 3.94. The van der Waals surface area contributed by atoms with Gasteiger partial charge in [-0.25, -0.2) is 4.57 Å². The lowest BCUT2D eigenvalue weighted by molar-refractivity contribution is 0.221. The summed E-state index contributed by atoms with van der Waals surface area (Å²) in [4.78, 5) is 0. The molecule has 0 unspecified atom stereocenters. The predicted molar refractivity (Wildman–Crippen MR) is 69.9 cm³/mol. The van der Waals surface area contributed by atoms with Crippen molar-refractivity contribution >= 4 is 25.6 Å². The van der Waals surface area contributed by atoms with Gasteiger partial charge in [0.2, 0.25) is 0 Å². The molecule has 0 aliphatic heterocycles. The Labute approximate surface area is 106 Å². The third-order valence-electron chi connectivity index (χ3n) is 1.78. The first-order valence-corrected chi connectivity index (χ1v) is 7.17. The molecule has 0 aliphatic rings. The molecule has 0 saturated heterocycles. The van der Waals surface area contributed by atoms with Crippen molar-refractivity contribution in [1.82, 2.24) is 0 Å². The quantitative estimate of drug-likeness (QED) is 0.583. The molecule has 0 amide bonds. The van der Waals surface area contributed by atoms with Gasteiger partial charge in [0, 0.05) is 11.2 Å². The van der Waals surface area contributed by atoms with Crippen LogP contribution in [0.5, 0.6) is 0 Å². The minimum atomic E-state index is -3.37. The lowest BCUT2D eigenvalue weighted by Gasteiger charge is -2.10. The van der Waals surface area contributed by atoms with Crippen molar-refractivity contribution in [1.29, 1.82) is 0 Å². The number of nitrogens with zero attached hydrogens (tertiary/aromatic N) is 1. The van der Waals surface area contributed by atoms with Crippen molar-refractivity contribution in [3.05, 3.63) is 34.9 Å². The molecule has 1 rings (SSSR count). The standard InChI is InChI=1S/C11H15ClNO3P/c1-3-15-17(14,16-4-2)13-9-10-6-5-7-11(12)8-10/h5-9H,3-4H2,1-2H3. The van der Waals surface area contributed by atoms with Crippen molar-refractivity contribution < 1.29 is 13.6 Å². The van der Waals surface area contributed by atoms with E-state index in [-0.39, 0.29) is 13.2 Å². The molecule has 0 fully saturated rings. The summed E-state index contributed by atoms with van der Waals surface area (Å²) in [6.07, 6.45) is 1.44. The summed E-state index contributed by atoms with van der Waals surface area (Å²) in [7, 11) is -3.37. The summed E-state index contributed by atoms with van der Waals surface area (Å²) < 4.78 is 25.9. The van der Waals surface area contributed by atoms with Gasteiger partial charge in [0.1, 0.15) is 0 Å². The van der Waals surface area contributed by atoms with E-state index in [1.165, 1.54) is 6.21 Å². The number of hydrogen-bond donors (Lipinski definition) is 0. The summed E-state index contributed by atoms with van der Waals surface area (Å²) in [5.41, 5.74) is 0.747. The summed E-state index contributed by atoms with van der Waals surface area (Å²) in [5.74, 6) is 0. The van der Waals surface area contributed by atoms with Crippen LogP contribution in [0.15, 0.2) is 29.0 Å². The largest absolute Gasteiger partial charge is 0.453 e. The Hall–Kier alpha value is -0.670. The lowest BCUT2D eigenvalue weighted by Crippen LogP contribution is -1.94. The molecule has 94 valence electrons. The molecule has 0 aliphatic carbocycles. The Kier molecular flexibility index (Phi) is 5.86. The van der Waals surface area contributed by atoms with Gasteiger partial charge in [-0.1, -0.05) is 23.7 Å². The normalized spacial score (nSPS) is 12.2. The maximum Gasteiger partial charge on any atom is 0.453 e. The zero-order valence-corrected chi connectivity index (χ0v) is 11.4. The van der Waals surface area contributed by atoms with E-state index in [1.807, 2.05) is 0 Å². The van der Waals surface area contributed by atoms with E-state index >= 15 is 0 Å². The van der Waals surface area contributed by atoms with Gasteiger partial charge in [-0.05, 0) is 31.5 Å². The Morgan fingerprint density at radius 3 is 2.53 bits per heavy atom. The minimum Gasteiger partial charge on any atom is -0.291 e. The second-order valence-electron chi connectivity index (χ2n) is 3.10. The molecule has 17 heavy (non-hydrogen) atoms. The Bertz CT molecular complexity index is 426. The highest BCUT2D eigenvalue weighted by Gasteiger charge is 2.21. The highest BCUT2D eigenvalue weighted by molar-refractivity contribution is 7.52. The third kappa shape index (κ3) is 5.00. The third-order valence-corrected chi connectivity index (χ3v) is 3.58. The van der Waals surface area contributed by atoms with E-state index in [4.69, 9.17) is 20.6 Å². The van der Waals surface area contributed by atoms with Crippen LogP contribution in [0.2, 0.25) is 5.02 Å². The van der Waals surface area contributed by atoms with Crippen LogP contribution in [-0.4, -0.2) is 19.4 Å². The van der Waals surface area contributed by atoms with Crippen molar-refractivity contribution in [3.63, 3.8) is 0 Å². The molecular formula is C11H15ClNO3P. The van der Waals surface area contributed by atoms with Gasteiger partial charge < -0.3 is 0 Å². The van der Waals surface area contributed by atoms with Gasteiger partial charge in [0.15, 0.2) is 0 Å². The monoisotopic (exact) mass is 275 g/mol. The number of rotatable bonds is 6. The van der Waals surface area contributed by atoms with Crippen molar-refractivity contribution in [2.45, 2.75) is 13.8 Å². The van der Waals surface area contributed by atoms with Gasteiger partial charge in [-0.3, -0.25) is 9.05 Å². The van der Waals surface area contributed by atoms with Gasteiger partial charge >= 0.3 is 7.75 Å². The molecule has 0 atom stereocenters. The van der Waals surface area contributed by atoms with Crippen molar-refractivity contribution in [2.75, 3.05) is 13.2 Å². The molecule has 1 aromatic rings. The molecule has 1 aromatic carbocycles. The summed E-state index contributed by atoms with van der Waals surface area (Å²) in [6.45, 7) is 4.04. The van der Waals surface area contributed by atoms with Crippen LogP contribution in [0, 0.1) is 0 Å². The van der Waals surface area contributed by atoms with Crippen LogP contribution in [0.25, 0.3) is 0 Å². The SMILES string of the molecule is CCOP(=O)(N=Cc1cccc(Cl)c1)OCC. The maximum atomic E-state index is 12.0. The molecule has 0 heterocycles. The van der Waals surface area contributed by atoms with Gasteiger partial charge in [0.05, 0.1) is 13.2 Å². The average molecular weight is 276 g/mol. The van der Waals surface area contributed by atoms with E-state index in [0.717, 1.165) is 5.56 Å². The molecule has 0 N–H and O–H groups in total. The Morgan fingerprint density at radius 1 is 1.35 bits per heavy atom. The van der Waals surface area contributed by atoms with Crippen molar-refractivity contribution in [3.8, 4) is 0 Å². The number of hydrogen-bond acceptors (Lipinski definition) is 3. The summed E-state index contributed by atoms with van der Waals surface area (Å²) >= 11 is 5.82. The maximum absolute atomic E-state index is 12.0. The molecule has 0 radical (unpaired) electrons. The van der Waals surface area contributed by atoms with E-state index in [1.54, 1.807) is 38.1 Å². The van der Waals surface area contributed by atoms with Crippen LogP contribution in [-0.2, 0) is 13.6 Å². The molecule has 6 heteroatoms. The van der Waals surface area contributed by atoms with Gasteiger partial charge in [-0.15, -0.1) is 0 Å². The van der Waals surface area contributed by atoms with Crippen molar-refractivity contribution in [2.24, 2.45) is 4.76 Å². The minimum absolute atomic E-state index is 0.282. The fourth-order valence-electron chi connectivity index (χ4n) is 1.15. The molecule has 0 bridgehead atoms. The Morgan fingerprint density at radius 2 is 2.00 bits per heavy atom. The van der Waals surface area contributed by atoms with E-state index < -0.39 is 7.75 Å². The zero-order chi connectivity index (χ0) is 12.7. The molecular weight excluding hydrogens is 261 g/mol. The fraction of sp³-hybridized carbons (Fsp3) is 0.364. The summed E-state index contributed by atoms with van der Waals surface area (Å²) in [6, 6.07) is 7.06. The second kappa shape index (κ2) is 6.92. The van der Waals surface area contributed by atoms with E-state index in [9.17, 15) is 4.57 Å². The van der Waals surface area contributed by atoms with E-state index in [2.05, 4.69) is 4.76 Å². The molecule has 4 nitrogen and oxygen atoms in total. The first kappa shape index (κ1) is 14.4. The number of benzene rings is 1. The first-order valence-electron chi connectivity index (χ1n) is 5.30. The molecule has 0 spiro atoms. The molecule has 0 saturated carbocycles. The van der Waals surface area contributed by atoms with E-state index in [0.29, 0.717) is 5.02 Å². The van der Waals surface area contributed by atoms with Crippen LogP contribution in [0.1, 0.15) is 19.4 Å². The van der Waals surface area contributed by atoms with Crippen LogP contribution < -0.4 is 0 Å². The Balaban J connectivity index is 2.83. The average Bonchev–Trinajstić information content (AvgIpc) is 2.27. The van der Waals surface area contributed by atoms with Gasteiger partial charge in [0.25, 0.3) is 0 Å².